The van der Waals surface area contributed by atoms with Crippen LogP contribution in [0.3, 0.4) is 0 Å². The molecule has 0 aromatic heterocycles. The first kappa shape index (κ1) is 28.6. The van der Waals surface area contributed by atoms with Crippen LogP contribution in [0.2, 0.25) is 0 Å². The zero-order chi connectivity index (χ0) is 27.6. The lowest BCUT2D eigenvalue weighted by Gasteiger charge is -2.47. The zero-order valence-electron chi connectivity index (χ0n) is 21.5. The highest BCUT2D eigenvalue weighted by atomic mass is 79.9. The maximum absolute atomic E-state index is 13.7. The van der Waals surface area contributed by atoms with Gasteiger partial charge in [0.1, 0.15) is 19.1 Å². The van der Waals surface area contributed by atoms with E-state index in [-0.39, 0.29) is 38.1 Å². The number of rotatable bonds is 6. The monoisotopic (exact) mass is 597 g/mol. The minimum atomic E-state index is -5.09. The predicted molar refractivity (Wildman–Crippen MR) is 139 cm³/mol. The SMILES string of the molecule is CC(C)(NC(=O)[C@@H]1CC[C@@H]([N+]2(OC(=O)C(F)(F)F)CCOCC2)C[C@H]1c1ccc(Br)cc1)c1ccccc1. The number of ether oxygens (including phenoxy) is 1. The zero-order valence-corrected chi connectivity index (χ0v) is 23.1. The molecule has 1 saturated carbocycles. The topological polar surface area (TPSA) is 64.6 Å². The molecule has 2 fully saturated rings. The second-order valence-electron chi connectivity index (χ2n) is 10.6. The van der Waals surface area contributed by atoms with Crippen molar-refractivity contribution in [3.8, 4) is 0 Å². The van der Waals surface area contributed by atoms with Gasteiger partial charge < -0.3 is 10.1 Å². The van der Waals surface area contributed by atoms with Gasteiger partial charge >= 0.3 is 12.1 Å². The third kappa shape index (κ3) is 6.40. The summed E-state index contributed by atoms with van der Waals surface area (Å²) in [7, 11) is 0. The summed E-state index contributed by atoms with van der Waals surface area (Å²) >= 11 is 3.45. The number of hydroxylamine groups is 3. The summed E-state index contributed by atoms with van der Waals surface area (Å²) in [6.45, 7) is 4.56. The first-order chi connectivity index (χ1) is 17.9. The smallest absolute Gasteiger partial charge is 0.369 e. The average molecular weight is 598 g/mol. The van der Waals surface area contributed by atoms with Gasteiger partial charge in [0.15, 0.2) is 0 Å². The van der Waals surface area contributed by atoms with Gasteiger partial charge in [0.05, 0.1) is 18.8 Å². The van der Waals surface area contributed by atoms with Crippen molar-refractivity contribution in [2.75, 3.05) is 26.3 Å². The number of carbonyl (C=O) groups is 2. The van der Waals surface area contributed by atoms with Gasteiger partial charge in [-0.05, 0) is 43.5 Å². The van der Waals surface area contributed by atoms with Crippen molar-refractivity contribution in [2.24, 2.45) is 5.92 Å². The third-order valence-corrected chi connectivity index (χ3v) is 8.31. The van der Waals surface area contributed by atoms with E-state index >= 15 is 0 Å². The van der Waals surface area contributed by atoms with E-state index in [0.29, 0.717) is 19.3 Å². The number of alkyl halides is 3. The number of quaternary nitrogens is 1. The van der Waals surface area contributed by atoms with Crippen LogP contribution in [0.1, 0.15) is 50.2 Å². The quantitative estimate of drug-likeness (QED) is 0.439. The highest BCUT2D eigenvalue weighted by Gasteiger charge is 2.54. The molecule has 0 radical (unpaired) electrons. The van der Waals surface area contributed by atoms with Crippen molar-refractivity contribution >= 4 is 27.8 Å². The lowest BCUT2D eigenvalue weighted by Crippen LogP contribution is -2.64. The Bertz CT molecular complexity index is 1120. The highest BCUT2D eigenvalue weighted by molar-refractivity contribution is 9.10. The summed E-state index contributed by atoms with van der Waals surface area (Å²) < 4.78 is 45.5. The number of benzene rings is 2. The fourth-order valence-electron chi connectivity index (χ4n) is 5.70. The minimum Gasteiger partial charge on any atom is -0.369 e. The fourth-order valence-corrected chi connectivity index (χ4v) is 5.96. The van der Waals surface area contributed by atoms with E-state index < -0.39 is 34.3 Å². The Labute approximate surface area is 229 Å². The third-order valence-electron chi connectivity index (χ3n) is 7.78. The van der Waals surface area contributed by atoms with E-state index in [1.54, 1.807) is 0 Å². The maximum atomic E-state index is 13.7. The number of hydrogen-bond donors (Lipinski definition) is 1. The number of nitrogens with zero attached hydrogens (tertiary/aromatic N) is 1. The lowest BCUT2D eigenvalue weighted by molar-refractivity contribution is -1.11. The van der Waals surface area contributed by atoms with Crippen LogP contribution in [-0.4, -0.2) is 55.0 Å². The molecule has 0 bridgehead atoms. The van der Waals surface area contributed by atoms with E-state index in [1.807, 2.05) is 68.4 Å². The number of amides is 1. The van der Waals surface area contributed by atoms with Gasteiger partial charge in [-0.25, -0.2) is 4.79 Å². The van der Waals surface area contributed by atoms with Crippen LogP contribution in [0, 0.1) is 5.92 Å². The Kier molecular flexibility index (Phi) is 8.54. The van der Waals surface area contributed by atoms with Crippen molar-refractivity contribution < 1.29 is 37.0 Å². The van der Waals surface area contributed by atoms with E-state index in [0.717, 1.165) is 15.6 Å². The van der Waals surface area contributed by atoms with Crippen molar-refractivity contribution in [3.63, 3.8) is 0 Å². The van der Waals surface area contributed by atoms with E-state index in [9.17, 15) is 22.8 Å². The molecule has 206 valence electrons. The van der Waals surface area contributed by atoms with Gasteiger partial charge in [0, 0.05) is 29.2 Å². The van der Waals surface area contributed by atoms with Crippen molar-refractivity contribution in [1.82, 2.24) is 5.32 Å². The van der Waals surface area contributed by atoms with Gasteiger partial charge in [-0.2, -0.15) is 13.2 Å². The number of halogens is 4. The molecule has 2 aliphatic rings. The molecule has 0 spiro atoms. The number of morpholine rings is 1. The molecule has 38 heavy (non-hydrogen) atoms. The molecule has 1 aliphatic carbocycles. The Hall–Kier alpha value is -2.43. The Morgan fingerprint density at radius 2 is 1.63 bits per heavy atom. The predicted octanol–water partition coefficient (Wildman–Crippen LogP) is 5.62. The molecule has 6 nitrogen and oxygen atoms in total. The second-order valence-corrected chi connectivity index (χ2v) is 11.5. The van der Waals surface area contributed by atoms with Crippen LogP contribution < -0.4 is 5.32 Å². The molecular weight excluding hydrogens is 565 g/mol. The molecule has 1 amide bonds. The molecule has 1 saturated heterocycles. The standard InChI is InChI=1S/C28H32BrF3N2O4/c1-27(2,20-6-4-3-5-7-20)33-25(35)23-13-12-22(18-24(23)19-8-10-21(29)11-9-19)34(14-16-37-17-15-34)38-26(36)28(30,31)32/h3-11,22-24H,12-18H2,1-2H3/p+1/t22-,23-,24+/m1/s1. The maximum Gasteiger partial charge on any atom is 0.497 e. The number of nitrogens with one attached hydrogen (secondary N) is 1. The summed E-state index contributed by atoms with van der Waals surface area (Å²) in [5.74, 6) is -2.96. The van der Waals surface area contributed by atoms with Crippen molar-refractivity contribution in [1.29, 1.82) is 0 Å². The molecule has 10 heteroatoms. The Morgan fingerprint density at radius 3 is 2.24 bits per heavy atom. The fraction of sp³-hybridized carbons (Fsp3) is 0.500. The first-order valence-electron chi connectivity index (χ1n) is 12.8. The van der Waals surface area contributed by atoms with Gasteiger partial charge in [-0.3, -0.25) is 9.63 Å². The average Bonchev–Trinajstić information content (AvgIpc) is 2.89. The number of hydrogen-bond acceptors (Lipinski definition) is 4. The van der Waals surface area contributed by atoms with Crippen LogP contribution in [0.25, 0.3) is 0 Å². The van der Waals surface area contributed by atoms with E-state index in [4.69, 9.17) is 9.57 Å². The van der Waals surface area contributed by atoms with Gasteiger partial charge in [0.2, 0.25) is 5.91 Å². The van der Waals surface area contributed by atoms with Crippen LogP contribution in [-0.2, 0) is 24.7 Å². The Balaban J connectivity index is 1.62. The molecule has 2 aromatic carbocycles. The van der Waals surface area contributed by atoms with E-state index in [1.165, 1.54) is 0 Å². The van der Waals surface area contributed by atoms with Crippen molar-refractivity contribution in [3.05, 3.63) is 70.2 Å². The second kappa shape index (κ2) is 11.4. The molecule has 2 aromatic rings. The van der Waals surface area contributed by atoms with Crippen molar-refractivity contribution in [2.45, 2.75) is 56.8 Å². The number of carbonyl (C=O) groups excluding carboxylic acids is 2. The summed E-state index contributed by atoms with van der Waals surface area (Å²) in [5, 5.41) is 3.20. The Morgan fingerprint density at radius 1 is 1.00 bits per heavy atom. The van der Waals surface area contributed by atoms with Gasteiger partial charge in [-0.15, -0.1) is 4.65 Å². The summed E-state index contributed by atoms with van der Waals surface area (Å²) in [4.78, 5) is 30.9. The molecular formula is C28H33BrF3N2O4+. The molecule has 1 heterocycles. The normalized spacial score (nSPS) is 23.9. The summed E-state index contributed by atoms with van der Waals surface area (Å²) in [6, 6.07) is 17.0. The van der Waals surface area contributed by atoms with Crippen LogP contribution in [0.4, 0.5) is 13.2 Å². The first-order valence-corrected chi connectivity index (χ1v) is 13.6. The van der Waals surface area contributed by atoms with Crippen LogP contribution >= 0.6 is 15.9 Å². The molecule has 4 rings (SSSR count). The molecule has 1 aliphatic heterocycles. The van der Waals surface area contributed by atoms with Crippen LogP contribution in [0.15, 0.2) is 59.1 Å². The molecule has 3 atom stereocenters. The van der Waals surface area contributed by atoms with Gasteiger partial charge in [0.25, 0.3) is 0 Å². The lowest BCUT2D eigenvalue weighted by atomic mass is 9.72. The summed E-state index contributed by atoms with van der Waals surface area (Å²) in [6.07, 6.45) is -3.79. The van der Waals surface area contributed by atoms with Crippen LogP contribution in [0.5, 0.6) is 0 Å². The largest absolute Gasteiger partial charge is 0.497 e. The van der Waals surface area contributed by atoms with Gasteiger partial charge in [-0.1, -0.05) is 58.4 Å². The summed E-state index contributed by atoms with van der Waals surface area (Å²) in [5.41, 5.74) is 1.28. The molecule has 1 N–H and O–H groups in total. The minimum absolute atomic E-state index is 0.106. The highest BCUT2D eigenvalue weighted by Crippen LogP contribution is 2.43. The molecule has 0 unspecified atom stereocenters. The van der Waals surface area contributed by atoms with E-state index in [2.05, 4.69) is 21.2 Å².